The van der Waals surface area contributed by atoms with Crippen molar-refractivity contribution in [3.05, 3.63) is 48.0 Å². The number of morpholine rings is 1. The van der Waals surface area contributed by atoms with Crippen LogP contribution in [0.3, 0.4) is 0 Å². The minimum absolute atomic E-state index is 0.364. The molecule has 128 valence electrons. The molecule has 0 N–H and O–H groups in total. The van der Waals surface area contributed by atoms with Crippen molar-refractivity contribution in [2.45, 2.75) is 31.7 Å². The zero-order chi connectivity index (χ0) is 16.4. The van der Waals surface area contributed by atoms with Crippen LogP contribution in [0, 0.1) is 0 Å². The van der Waals surface area contributed by atoms with Gasteiger partial charge in [0, 0.05) is 64.4 Å². The van der Waals surface area contributed by atoms with Crippen molar-refractivity contribution < 1.29 is 4.74 Å². The number of hydrogen-bond donors (Lipinski definition) is 0. The Balaban J connectivity index is 1.44. The molecule has 2 aromatic heterocycles. The minimum Gasteiger partial charge on any atom is -0.375 e. The summed E-state index contributed by atoms with van der Waals surface area (Å²) in [5, 5.41) is 4.28. The summed E-state index contributed by atoms with van der Waals surface area (Å²) in [7, 11) is 2.02. The highest BCUT2D eigenvalue weighted by Crippen LogP contribution is 2.25. The second-order valence-electron chi connectivity index (χ2n) is 6.77. The van der Waals surface area contributed by atoms with E-state index in [2.05, 4.69) is 38.1 Å². The second kappa shape index (κ2) is 7.01. The van der Waals surface area contributed by atoms with Crippen LogP contribution in [0.25, 0.3) is 0 Å². The van der Waals surface area contributed by atoms with Gasteiger partial charge >= 0.3 is 0 Å². The van der Waals surface area contributed by atoms with E-state index in [0.717, 1.165) is 45.8 Å². The SMILES string of the molecule is Cn1nccc1CN1CC[C@H]2OCCN(Cc3ccncc3)[C@@H]2C1. The van der Waals surface area contributed by atoms with Crippen LogP contribution in [0.2, 0.25) is 0 Å². The Morgan fingerprint density at radius 2 is 2.00 bits per heavy atom. The van der Waals surface area contributed by atoms with Crippen molar-refractivity contribution in [3.63, 3.8) is 0 Å². The molecule has 0 aliphatic carbocycles. The van der Waals surface area contributed by atoms with Crippen LogP contribution in [-0.4, -0.2) is 63.0 Å². The van der Waals surface area contributed by atoms with Gasteiger partial charge in [0.2, 0.25) is 0 Å². The van der Waals surface area contributed by atoms with E-state index in [1.165, 1.54) is 11.3 Å². The minimum atomic E-state index is 0.364. The first-order valence-electron chi connectivity index (χ1n) is 8.73. The number of rotatable bonds is 4. The van der Waals surface area contributed by atoms with Crippen molar-refractivity contribution >= 4 is 0 Å². The Hall–Kier alpha value is -1.76. The zero-order valence-corrected chi connectivity index (χ0v) is 14.2. The van der Waals surface area contributed by atoms with E-state index in [-0.39, 0.29) is 0 Å². The standard InChI is InChI=1S/C18H25N5O/c1-21-16(4-8-20-21)13-22-9-5-18-17(14-22)23(10-11-24-18)12-15-2-6-19-7-3-15/h2-4,6-8,17-18H,5,9-14H2,1H3/t17-,18-/m1/s1. The molecule has 0 unspecified atom stereocenters. The molecule has 24 heavy (non-hydrogen) atoms. The number of pyridine rings is 1. The number of aromatic nitrogens is 3. The first-order chi connectivity index (χ1) is 11.8. The van der Waals surface area contributed by atoms with Gasteiger partial charge in [-0.25, -0.2) is 0 Å². The van der Waals surface area contributed by atoms with E-state index in [9.17, 15) is 0 Å². The average Bonchev–Trinajstić information content (AvgIpc) is 3.01. The topological polar surface area (TPSA) is 46.4 Å². The summed E-state index contributed by atoms with van der Waals surface area (Å²) in [6, 6.07) is 6.80. The van der Waals surface area contributed by atoms with Gasteiger partial charge in [-0.05, 0) is 30.2 Å². The smallest absolute Gasteiger partial charge is 0.0755 e. The molecule has 6 heteroatoms. The zero-order valence-electron chi connectivity index (χ0n) is 14.2. The third-order valence-electron chi connectivity index (χ3n) is 5.23. The first-order valence-corrected chi connectivity index (χ1v) is 8.73. The van der Waals surface area contributed by atoms with Crippen LogP contribution in [-0.2, 0) is 24.9 Å². The summed E-state index contributed by atoms with van der Waals surface area (Å²) in [5.74, 6) is 0. The predicted molar refractivity (Wildman–Crippen MR) is 91.3 cm³/mol. The Kier molecular flexibility index (Phi) is 4.60. The molecule has 6 nitrogen and oxygen atoms in total. The molecule has 0 spiro atoms. The van der Waals surface area contributed by atoms with Crippen LogP contribution < -0.4 is 0 Å². The molecule has 2 aromatic rings. The van der Waals surface area contributed by atoms with Crippen LogP contribution >= 0.6 is 0 Å². The lowest BCUT2D eigenvalue weighted by atomic mass is 9.98. The van der Waals surface area contributed by atoms with Crippen molar-refractivity contribution in [3.8, 4) is 0 Å². The Morgan fingerprint density at radius 1 is 1.12 bits per heavy atom. The van der Waals surface area contributed by atoms with Crippen molar-refractivity contribution in [2.24, 2.45) is 7.05 Å². The molecule has 2 saturated heterocycles. The van der Waals surface area contributed by atoms with E-state index < -0.39 is 0 Å². The van der Waals surface area contributed by atoms with Gasteiger partial charge in [0.25, 0.3) is 0 Å². The number of aryl methyl sites for hydroxylation is 1. The van der Waals surface area contributed by atoms with E-state index in [0.29, 0.717) is 12.1 Å². The fourth-order valence-electron chi connectivity index (χ4n) is 3.86. The molecule has 4 rings (SSSR count). The lowest BCUT2D eigenvalue weighted by Crippen LogP contribution is -2.59. The fraction of sp³-hybridized carbons (Fsp3) is 0.556. The van der Waals surface area contributed by atoms with Crippen LogP contribution in [0.15, 0.2) is 36.8 Å². The lowest BCUT2D eigenvalue weighted by Gasteiger charge is -2.47. The van der Waals surface area contributed by atoms with Crippen LogP contribution in [0.5, 0.6) is 0 Å². The van der Waals surface area contributed by atoms with E-state index in [1.807, 2.05) is 30.3 Å². The Labute approximate surface area is 143 Å². The summed E-state index contributed by atoms with van der Waals surface area (Å²) in [4.78, 5) is 9.24. The highest BCUT2D eigenvalue weighted by molar-refractivity contribution is 5.10. The maximum atomic E-state index is 6.06. The molecule has 2 fully saturated rings. The number of nitrogens with zero attached hydrogens (tertiary/aromatic N) is 5. The molecule has 0 bridgehead atoms. The van der Waals surface area contributed by atoms with E-state index in [1.54, 1.807) is 0 Å². The third-order valence-corrected chi connectivity index (χ3v) is 5.23. The van der Waals surface area contributed by atoms with Crippen LogP contribution in [0.4, 0.5) is 0 Å². The fourth-order valence-corrected chi connectivity index (χ4v) is 3.86. The number of fused-ring (bicyclic) bond motifs is 1. The molecule has 0 saturated carbocycles. The maximum absolute atomic E-state index is 6.06. The van der Waals surface area contributed by atoms with Crippen molar-refractivity contribution in [2.75, 3.05) is 26.2 Å². The summed E-state index contributed by atoms with van der Waals surface area (Å²) >= 11 is 0. The van der Waals surface area contributed by atoms with Gasteiger partial charge in [-0.1, -0.05) is 0 Å². The van der Waals surface area contributed by atoms with Gasteiger partial charge in [-0.15, -0.1) is 0 Å². The summed E-state index contributed by atoms with van der Waals surface area (Å²) in [6.45, 7) is 5.93. The summed E-state index contributed by atoms with van der Waals surface area (Å²) in [5.41, 5.74) is 2.60. The molecule has 0 radical (unpaired) electrons. The molecule has 2 aliphatic rings. The molecule has 2 aliphatic heterocycles. The maximum Gasteiger partial charge on any atom is 0.0755 e. The van der Waals surface area contributed by atoms with Gasteiger partial charge in [-0.2, -0.15) is 5.10 Å². The summed E-state index contributed by atoms with van der Waals surface area (Å²) < 4.78 is 8.03. The highest BCUT2D eigenvalue weighted by atomic mass is 16.5. The molecule has 0 amide bonds. The summed E-state index contributed by atoms with van der Waals surface area (Å²) in [6.07, 6.45) is 7.10. The largest absolute Gasteiger partial charge is 0.375 e. The van der Waals surface area contributed by atoms with Gasteiger partial charge in [-0.3, -0.25) is 19.5 Å². The van der Waals surface area contributed by atoms with Gasteiger partial charge in [0.15, 0.2) is 0 Å². The van der Waals surface area contributed by atoms with Crippen molar-refractivity contribution in [1.82, 2.24) is 24.6 Å². The third kappa shape index (κ3) is 3.36. The molecular weight excluding hydrogens is 302 g/mol. The first kappa shape index (κ1) is 15.7. The Morgan fingerprint density at radius 3 is 2.79 bits per heavy atom. The van der Waals surface area contributed by atoms with Gasteiger partial charge < -0.3 is 4.74 Å². The van der Waals surface area contributed by atoms with Gasteiger partial charge in [0.1, 0.15) is 0 Å². The molecule has 0 aromatic carbocycles. The normalized spacial score (nSPS) is 25.5. The average molecular weight is 327 g/mol. The van der Waals surface area contributed by atoms with Crippen LogP contribution in [0.1, 0.15) is 17.7 Å². The molecular formula is C18H25N5O. The highest BCUT2D eigenvalue weighted by Gasteiger charge is 2.37. The lowest BCUT2D eigenvalue weighted by molar-refractivity contribution is -0.107. The van der Waals surface area contributed by atoms with E-state index >= 15 is 0 Å². The van der Waals surface area contributed by atoms with Crippen molar-refractivity contribution in [1.29, 1.82) is 0 Å². The van der Waals surface area contributed by atoms with E-state index in [4.69, 9.17) is 4.74 Å². The number of ether oxygens (including phenoxy) is 1. The predicted octanol–water partition coefficient (Wildman–Crippen LogP) is 1.29. The Bertz CT molecular complexity index is 658. The monoisotopic (exact) mass is 327 g/mol. The number of hydrogen-bond acceptors (Lipinski definition) is 5. The molecule has 4 heterocycles. The quantitative estimate of drug-likeness (QED) is 0.847. The number of piperidine rings is 1. The molecule has 2 atom stereocenters. The second-order valence-corrected chi connectivity index (χ2v) is 6.77. The van der Waals surface area contributed by atoms with Gasteiger partial charge in [0.05, 0.1) is 18.4 Å². The number of likely N-dealkylation sites (tertiary alicyclic amines) is 1.